The van der Waals surface area contributed by atoms with Crippen LogP contribution in [0.2, 0.25) is 5.02 Å². The van der Waals surface area contributed by atoms with Crippen LogP contribution in [-0.4, -0.2) is 50.5 Å². The van der Waals surface area contributed by atoms with Crippen LogP contribution < -0.4 is 9.62 Å². The van der Waals surface area contributed by atoms with Gasteiger partial charge in [-0.05, 0) is 41.3 Å². The van der Waals surface area contributed by atoms with Gasteiger partial charge in [0.2, 0.25) is 21.8 Å². The van der Waals surface area contributed by atoms with Crippen LogP contribution in [0.4, 0.5) is 10.1 Å². The van der Waals surface area contributed by atoms with Crippen molar-refractivity contribution in [2.75, 3.05) is 23.7 Å². The second-order valence-electron chi connectivity index (χ2n) is 9.71. The largest absolute Gasteiger partial charge is 0.354 e. The Bertz CT molecular complexity index is 1370. The topological polar surface area (TPSA) is 86.8 Å². The third kappa shape index (κ3) is 8.80. The lowest BCUT2D eigenvalue weighted by Crippen LogP contribution is -2.53. The van der Waals surface area contributed by atoms with E-state index in [9.17, 15) is 22.4 Å². The lowest BCUT2D eigenvalue weighted by molar-refractivity contribution is -0.140. The highest BCUT2D eigenvalue weighted by molar-refractivity contribution is 7.92. The summed E-state index contributed by atoms with van der Waals surface area (Å²) in [6.45, 7) is 3.71. The molecule has 2 amide bonds. The quantitative estimate of drug-likeness (QED) is 0.341. The fraction of sp³-hybridized carbons (Fsp3) is 0.310. The normalized spacial score (nSPS) is 12.2. The maximum Gasteiger partial charge on any atom is 0.244 e. The maximum absolute atomic E-state index is 14.0. The van der Waals surface area contributed by atoms with Crippen molar-refractivity contribution in [3.05, 3.63) is 101 Å². The van der Waals surface area contributed by atoms with Crippen LogP contribution in [0.5, 0.6) is 0 Å². The molecule has 3 rings (SSSR count). The van der Waals surface area contributed by atoms with E-state index in [-0.39, 0.29) is 35.5 Å². The maximum atomic E-state index is 14.0. The van der Waals surface area contributed by atoms with Gasteiger partial charge in [-0.3, -0.25) is 13.9 Å². The number of benzene rings is 3. The number of carbonyl (C=O) groups excluding carboxylic acids is 2. The van der Waals surface area contributed by atoms with Crippen molar-refractivity contribution in [1.29, 1.82) is 0 Å². The summed E-state index contributed by atoms with van der Waals surface area (Å²) < 4.78 is 40.1. The molecule has 208 valence electrons. The van der Waals surface area contributed by atoms with Crippen LogP contribution >= 0.6 is 11.6 Å². The van der Waals surface area contributed by atoms with Crippen LogP contribution in [0.15, 0.2) is 78.9 Å². The van der Waals surface area contributed by atoms with Crippen LogP contribution in [0.25, 0.3) is 0 Å². The van der Waals surface area contributed by atoms with Gasteiger partial charge in [-0.1, -0.05) is 80.0 Å². The second kappa shape index (κ2) is 13.6. The molecular formula is C29H33ClFN3O4S. The molecule has 0 aromatic heterocycles. The number of halogens is 2. The molecule has 1 unspecified atom stereocenters. The first-order valence-corrected chi connectivity index (χ1v) is 14.8. The van der Waals surface area contributed by atoms with Crippen LogP contribution in [0.3, 0.4) is 0 Å². The predicted molar refractivity (Wildman–Crippen MR) is 152 cm³/mol. The number of sulfonamides is 1. The highest BCUT2D eigenvalue weighted by atomic mass is 35.5. The smallest absolute Gasteiger partial charge is 0.244 e. The minimum absolute atomic E-state index is 0.0359. The van der Waals surface area contributed by atoms with E-state index in [0.717, 1.165) is 16.1 Å². The Morgan fingerprint density at radius 3 is 2.13 bits per heavy atom. The Hall–Kier alpha value is -3.43. The van der Waals surface area contributed by atoms with Crippen LogP contribution in [0, 0.1) is 11.7 Å². The van der Waals surface area contributed by atoms with Crippen molar-refractivity contribution in [1.82, 2.24) is 10.2 Å². The molecule has 39 heavy (non-hydrogen) atoms. The number of nitrogens with one attached hydrogen (secondary N) is 1. The molecular weight excluding hydrogens is 541 g/mol. The van der Waals surface area contributed by atoms with Crippen molar-refractivity contribution in [2.45, 2.75) is 32.9 Å². The van der Waals surface area contributed by atoms with Gasteiger partial charge in [-0.2, -0.15) is 0 Å². The molecule has 10 heteroatoms. The second-order valence-corrected chi connectivity index (χ2v) is 12.0. The SMILES string of the molecule is CC(C)CNC(=O)C(Cc1ccccc1)N(Cc1ccc(F)cc1)C(=O)CN(c1ccccc1Cl)S(C)(=O)=O. The number of hydrogen-bond acceptors (Lipinski definition) is 4. The summed E-state index contributed by atoms with van der Waals surface area (Å²) in [5.74, 6) is -1.24. The lowest BCUT2D eigenvalue weighted by atomic mass is 10.0. The molecule has 0 heterocycles. The zero-order valence-corrected chi connectivity index (χ0v) is 23.8. The van der Waals surface area contributed by atoms with Gasteiger partial charge >= 0.3 is 0 Å². The van der Waals surface area contributed by atoms with E-state index in [1.54, 1.807) is 12.1 Å². The first kappa shape index (κ1) is 30.1. The number of anilines is 1. The summed E-state index contributed by atoms with van der Waals surface area (Å²) in [5.41, 5.74) is 1.56. The number of carbonyl (C=O) groups is 2. The average Bonchev–Trinajstić information content (AvgIpc) is 2.89. The molecule has 7 nitrogen and oxygen atoms in total. The van der Waals surface area contributed by atoms with Gasteiger partial charge in [0.15, 0.2) is 0 Å². The van der Waals surface area contributed by atoms with E-state index in [1.165, 1.54) is 41.3 Å². The number of hydrogen-bond donors (Lipinski definition) is 1. The molecule has 3 aromatic rings. The Morgan fingerprint density at radius 1 is 0.923 bits per heavy atom. The molecule has 0 saturated heterocycles. The fourth-order valence-electron chi connectivity index (χ4n) is 4.01. The molecule has 0 bridgehead atoms. The van der Waals surface area contributed by atoms with Gasteiger partial charge < -0.3 is 10.2 Å². The minimum atomic E-state index is -3.92. The van der Waals surface area contributed by atoms with Crippen molar-refractivity contribution in [3.63, 3.8) is 0 Å². The van der Waals surface area contributed by atoms with Gasteiger partial charge in [0.05, 0.1) is 17.0 Å². The Kier molecular flexibility index (Phi) is 10.5. The Balaban J connectivity index is 2.05. The molecule has 0 radical (unpaired) electrons. The first-order chi connectivity index (χ1) is 18.5. The summed E-state index contributed by atoms with van der Waals surface area (Å²) in [7, 11) is -3.92. The average molecular weight is 574 g/mol. The fourth-order valence-corrected chi connectivity index (χ4v) is 5.16. The highest BCUT2D eigenvalue weighted by Gasteiger charge is 2.33. The predicted octanol–water partition coefficient (Wildman–Crippen LogP) is 4.66. The minimum Gasteiger partial charge on any atom is -0.354 e. The van der Waals surface area contributed by atoms with Crippen molar-refractivity contribution in [3.8, 4) is 0 Å². The summed E-state index contributed by atoms with van der Waals surface area (Å²) in [5, 5.41) is 3.07. The third-order valence-electron chi connectivity index (χ3n) is 6.02. The van der Waals surface area contributed by atoms with Crippen LogP contribution in [-0.2, 0) is 32.6 Å². The van der Waals surface area contributed by atoms with E-state index in [1.807, 2.05) is 44.2 Å². The van der Waals surface area contributed by atoms with Gasteiger partial charge in [0.1, 0.15) is 18.4 Å². The van der Waals surface area contributed by atoms with Gasteiger partial charge in [0.25, 0.3) is 0 Å². The van der Waals surface area contributed by atoms with Crippen molar-refractivity contribution >= 4 is 39.1 Å². The van der Waals surface area contributed by atoms with E-state index in [4.69, 9.17) is 11.6 Å². The first-order valence-electron chi connectivity index (χ1n) is 12.5. The monoisotopic (exact) mass is 573 g/mol. The summed E-state index contributed by atoms with van der Waals surface area (Å²) in [4.78, 5) is 28.8. The number of nitrogens with zero attached hydrogens (tertiary/aromatic N) is 2. The standard InChI is InChI=1S/C29H33ClFN3O4S/c1-21(2)18-32-29(36)27(17-22-9-5-4-6-10-22)33(19-23-13-15-24(31)16-14-23)28(35)20-34(39(3,37)38)26-12-8-7-11-25(26)30/h4-16,21,27H,17-20H2,1-3H3,(H,32,36). The molecule has 0 aliphatic heterocycles. The molecule has 1 N–H and O–H groups in total. The summed E-state index contributed by atoms with van der Waals surface area (Å²) in [6.07, 6.45) is 1.19. The molecule has 0 aliphatic carbocycles. The van der Waals surface area contributed by atoms with E-state index >= 15 is 0 Å². The van der Waals surface area contributed by atoms with Gasteiger partial charge in [0, 0.05) is 19.5 Å². The Morgan fingerprint density at radius 2 is 1.54 bits per heavy atom. The molecule has 0 aliphatic rings. The zero-order chi connectivity index (χ0) is 28.6. The lowest BCUT2D eigenvalue weighted by Gasteiger charge is -2.33. The molecule has 0 saturated carbocycles. The van der Waals surface area contributed by atoms with Crippen molar-refractivity contribution < 1.29 is 22.4 Å². The van der Waals surface area contributed by atoms with E-state index in [0.29, 0.717) is 12.1 Å². The number of amides is 2. The zero-order valence-electron chi connectivity index (χ0n) is 22.2. The van der Waals surface area contributed by atoms with Gasteiger partial charge in [-0.15, -0.1) is 0 Å². The molecule has 1 atom stereocenters. The number of para-hydroxylation sites is 1. The molecule has 0 fully saturated rings. The van der Waals surface area contributed by atoms with Crippen LogP contribution in [0.1, 0.15) is 25.0 Å². The van der Waals surface area contributed by atoms with E-state index < -0.39 is 34.3 Å². The van der Waals surface area contributed by atoms with E-state index in [2.05, 4.69) is 5.32 Å². The number of rotatable bonds is 12. The van der Waals surface area contributed by atoms with Gasteiger partial charge in [-0.25, -0.2) is 12.8 Å². The molecule has 3 aromatic carbocycles. The highest BCUT2D eigenvalue weighted by Crippen LogP contribution is 2.27. The summed E-state index contributed by atoms with van der Waals surface area (Å²) in [6, 6.07) is 20.2. The van der Waals surface area contributed by atoms with Crippen molar-refractivity contribution in [2.24, 2.45) is 5.92 Å². The third-order valence-corrected chi connectivity index (χ3v) is 7.47. The Labute approximate surface area is 234 Å². The summed E-state index contributed by atoms with van der Waals surface area (Å²) >= 11 is 6.29. The molecule has 0 spiro atoms.